The summed E-state index contributed by atoms with van der Waals surface area (Å²) in [5.41, 5.74) is 0. The van der Waals surface area contributed by atoms with E-state index >= 15 is 0 Å². The summed E-state index contributed by atoms with van der Waals surface area (Å²) in [5.74, 6) is 0. The molecule has 0 spiro atoms. The van der Waals surface area contributed by atoms with Gasteiger partial charge in [-0.25, -0.2) is 0 Å². The van der Waals surface area contributed by atoms with Gasteiger partial charge in [0, 0.05) is 0 Å². The molecule has 1 aliphatic rings. The van der Waals surface area contributed by atoms with Crippen molar-refractivity contribution in [2.24, 2.45) is 0 Å². The highest BCUT2D eigenvalue weighted by molar-refractivity contribution is 6.85. The van der Waals surface area contributed by atoms with Gasteiger partial charge < -0.3 is 8.54 Å². The van der Waals surface area contributed by atoms with Crippen LogP contribution in [0.15, 0.2) is 0 Å². The van der Waals surface area contributed by atoms with Crippen LogP contribution < -0.4 is 0 Å². The van der Waals surface area contributed by atoms with E-state index in [9.17, 15) is 0 Å². The lowest BCUT2D eigenvalue weighted by Gasteiger charge is -2.17. The Hall–Kier alpha value is 0.354. The topological polar surface area (TPSA) is 18.5 Å². The molecule has 0 aromatic rings. The molecule has 0 unspecified atom stereocenters. The van der Waals surface area contributed by atoms with Crippen molar-refractivity contribution in [3.05, 3.63) is 0 Å². The van der Waals surface area contributed by atoms with Gasteiger partial charge in [0.15, 0.2) is 8.32 Å². The Balaban J connectivity index is 2.58. The summed E-state index contributed by atoms with van der Waals surface area (Å²) in [7, 11) is -2.95. The lowest BCUT2D eigenvalue weighted by Crippen LogP contribution is -2.35. The Labute approximate surface area is 58.6 Å². The first kappa shape index (κ1) is 7.46. The monoisotopic (exact) mass is 162 g/mol. The third kappa shape index (κ3) is 1.89. The van der Waals surface area contributed by atoms with Gasteiger partial charge in [0.1, 0.15) is 0 Å². The molecule has 1 heterocycles. The molecule has 4 heteroatoms. The van der Waals surface area contributed by atoms with Gasteiger partial charge >= 0.3 is 8.56 Å². The molecule has 0 aromatic carbocycles. The summed E-state index contributed by atoms with van der Waals surface area (Å²) in [6, 6.07) is 0. The van der Waals surface area contributed by atoms with Crippen molar-refractivity contribution in [2.45, 2.75) is 26.2 Å². The first-order chi connectivity index (χ1) is 3.91. The minimum atomic E-state index is -1.61. The molecule has 0 aromatic heterocycles. The highest BCUT2D eigenvalue weighted by Crippen LogP contribution is 2.23. The van der Waals surface area contributed by atoms with E-state index in [4.69, 9.17) is 8.54 Å². The van der Waals surface area contributed by atoms with Crippen molar-refractivity contribution in [1.29, 1.82) is 0 Å². The third-order valence-corrected chi connectivity index (χ3v) is 7.43. The van der Waals surface area contributed by atoms with Crippen LogP contribution in [0.3, 0.4) is 0 Å². The van der Waals surface area contributed by atoms with E-state index in [0.717, 1.165) is 6.23 Å². The molecule has 9 heavy (non-hydrogen) atoms. The van der Waals surface area contributed by atoms with Gasteiger partial charge in [0.2, 0.25) is 0 Å². The van der Waals surface area contributed by atoms with Crippen molar-refractivity contribution in [1.82, 2.24) is 0 Å². The zero-order chi connectivity index (χ0) is 7.12. The summed E-state index contributed by atoms with van der Waals surface area (Å²) in [6.45, 7) is 8.62. The maximum atomic E-state index is 5.79. The fraction of sp³-hybridized carbons (Fsp3) is 1.00. The first-order valence-electron chi connectivity index (χ1n) is 3.25. The van der Waals surface area contributed by atoms with Crippen LogP contribution in [0.1, 0.15) is 0 Å². The second-order valence-electron chi connectivity index (χ2n) is 3.55. The van der Waals surface area contributed by atoms with Gasteiger partial charge in [0.05, 0.1) is 6.23 Å². The molecule has 0 aliphatic carbocycles. The molecule has 2 nitrogen and oxygen atoms in total. The van der Waals surface area contributed by atoms with Gasteiger partial charge in [0.25, 0.3) is 0 Å². The van der Waals surface area contributed by atoms with Crippen LogP contribution in [-0.4, -0.2) is 23.1 Å². The standard InChI is InChI=1S/C5H14O2Si2/c1-8(2)5-6-9(3,4)7-8/h5H2,1-4H3. The van der Waals surface area contributed by atoms with Gasteiger partial charge in [-0.2, -0.15) is 0 Å². The molecule has 1 saturated heterocycles. The van der Waals surface area contributed by atoms with E-state index in [1.807, 2.05) is 0 Å². The van der Waals surface area contributed by atoms with Crippen LogP contribution in [0.2, 0.25) is 26.2 Å². The van der Waals surface area contributed by atoms with E-state index in [2.05, 4.69) is 26.2 Å². The zero-order valence-electron chi connectivity index (χ0n) is 6.52. The average molecular weight is 162 g/mol. The largest absolute Gasteiger partial charge is 0.434 e. The SMILES string of the molecule is C[Si]1(C)CO[Si](C)(C)O1. The van der Waals surface area contributed by atoms with E-state index in [1.165, 1.54) is 0 Å². The third-order valence-electron chi connectivity index (χ3n) is 1.29. The molecular formula is C5H14O2Si2. The summed E-state index contributed by atoms with van der Waals surface area (Å²) < 4.78 is 11.3. The van der Waals surface area contributed by atoms with Crippen molar-refractivity contribution in [3.8, 4) is 0 Å². The van der Waals surface area contributed by atoms with Gasteiger partial charge in [-0.1, -0.05) is 0 Å². The van der Waals surface area contributed by atoms with Crippen LogP contribution >= 0.6 is 0 Å². The van der Waals surface area contributed by atoms with Crippen LogP contribution in [0.25, 0.3) is 0 Å². The smallest absolute Gasteiger partial charge is 0.321 e. The molecule has 1 aliphatic heterocycles. The van der Waals surface area contributed by atoms with Crippen LogP contribution in [0.4, 0.5) is 0 Å². The summed E-state index contributed by atoms with van der Waals surface area (Å²) in [5, 5.41) is 0. The summed E-state index contributed by atoms with van der Waals surface area (Å²) >= 11 is 0. The van der Waals surface area contributed by atoms with Crippen molar-refractivity contribution < 1.29 is 8.54 Å². The van der Waals surface area contributed by atoms with E-state index in [-0.39, 0.29) is 0 Å². The van der Waals surface area contributed by atoms with Crippen LogP contribution in [0.5, 0.6) is 0 Å². The molecule has 0 N–H and O–H groups in total. The molecule has 1 fully saturated rings. The van der Waals surface area contributed by atoms with Gasteiger partial charge in [-0.05, 0) is 26.2 Å². The number of hydrogen-bond donors (Lipinski definition) is 0. The molecule has 54 valence electrons. The predicted octanol–water partition coefficient (Wildman–Crippen LogP) is 1.48. The van der Waals surface area contributed by atoms with Crippen LogP contribution in [0, 0.1) is 0 Å². The zero-order valence-corrected chi connectivity index (χ0v) is 8.52. The predicted molar refractivity (Wildman–Crippen MR) is 42.0 cm³/mol. The van der Waals surface area contributed by atoms with E-state index in [0.29, 0.717) is 0 Å². The summed E-state index contributed by atoms with van der Waals surface area (Å²) in [6.07, 6.45) is 0.895. The van der Waals surface area contributed by atoms with Gasteiger partial charge in [-0.15, -0.1) is 0 Å². The van der Waals surface area contributed by atoms with Crippen molar-refractivity contribution in [2.75, 3.05) is 6.23 Å². The second-order valence-corrected chi connectivity index (χ2v) is 11.3. The van der Waals surface area contributed by atoms with E-state index < -0.39 is 16.9 Å². The minimum absolute atomic E-state index is 0.895. The van der Waals surface area contributed by atoms with E-state index in [1.54, 1.807) is 0 Å². The molecule has 0 bridgehead atoms. The Morgan fingerprint density at radius 3 is 1.78 bits per heavy atom. The highest BCUT2D eigenvalue weighted by atomic mass is 28.4. The fourth-order valence-corrected chi connectivity index (χ4v) is 9.65. The van der Waals surface area contributed by atoms with Crippen molar-refractivity contribution in [3.63, 3.8) is 0 Å². The normalized spacial score (nSPS) is 30.7. The molecule has 0 amide bonds. The number of hydrogen-bond acceptors (Lipinski definition) is 2. The number of rotatable bonds is 0. The Kier molecular flexibility index (Phi) is 1.59. The molecule has 0 radical (unpaired) electrons. The van der Waals surface area contributed by atoms with Gasteiger partial charge in [-0.3, -0.25) is 0 Å². The lowest BCUT2D eigenvalue weighted by molar-refractivity contribution is 0.354. The first-order valence-corrected chi connectivity index (χ1v) is 9.19. The molecular weight excluding hydrogens is 148 g/mol. The lowest BCUT2D eigenvalue weighted by atomic mass is 11.7. The highest BCUT2D eigenvalue weighted by Gasteiger charge is 2.42. The van der Waals surface area contributed by atoms with Crippen molar-refractivity contribution >= 4 is 16.9 Å². The average Bonchev–Trinajstić information content (AvgIpc) is 1.78. The molecule has 1 rings (SSSR count). The second kappa shape index (κ2) is 1.92. The van der Waals surface area contributed by atoms with Crippen LogP contribution in [-0.2, 0) is 8.54 Å². The molecule has 0 saturated carbocycles. The summed E-state index contributed by atoms with van der Waals surface area (Å²) in [4.78, 5) is 0. The Morgan fingerprint density at radius 1 is 1.11 bits per heavy atom. The maximum absolute atomic E-state index is 5.79. The fourth-order valence-electron chi connectivity index (χ4n) is 1.07. The quantitative estimate of drug-likeness (QED) is 0.502. The maximum Gasteiger partial charge on any atom is 0.321 e. The minimum Gasteiger partial charge on any atom is -0.434 e. The Morgan fingerprint density at radius 2 is 1.67 bits per heavy atom. The molecule has 0 atom stereocenters. The Bertz CT molecular complexity index is 108.